The molecule has 1 saturated carbocycles. The summed E-state index contributed by atoms with van der Waals surface area (Å²) in [4.78, 5) is 1.20. The molecule has 18 heavy (non-hydrogen) atoms. The van der Waals surface area contributed by atoms with Gasteiger partial charge < -0.3 is 10.1 Å². The van der Waals surface area contributed by atoms with Gasteiger partial charge in [-0.15, -0.1) is 11.3 Å². The average Bonchev–Trinajstić information content (AvgIpc) is 2.77. The molecule has 1 fully saturated rings. The third kappa shape index (κ3) is 2.60. The smallest absolute Gasteiger partial charge is 0.0883 e. The van der Waals surface area contributed by atoms with Crippen molar-refractivity contribution < 1.29 is 4.74 Å². The number of methoxy groups -OCH3 is 1. The average molecular weight is 288 g/mol. The van der Waals surface area contributed by atoms with Gasteiger partial charge in [-0.25, -0.2) is 0 Å². The van der Waals surface area contributed by atoms with E-state index < -0.39 is 0 Å². The van der Waals surface area contributed by atoms with Crippen molar-refractivity contribution in [3.63, 3.8) is 0 Å². The lowest BCUT2D eigenvalue weighted by Crippen LogP contribution is -2.47. The van der Waals surface area contributed by atoms with E-state index in [4.69, 9.17) is 16.3 Å². The van der Waals surface area contributed by atoms with Crippen LogP contribution in [-0.2, 0) is 4.74 Å². The molecule has 3 unspecified atom stereocenters. The Morgan fingerprint density at radius 3 is 2.89 bits per heavy atom. The Morgan fingerprint density at radius 1 is 1.61 bits per heavy atom. The molecule has 1 heterocycles. The fraction of sp³-hybridized carbons (Fsp3) is 0.714. The summed E-state index contributed by atoms with van der Waals surface area (Å²) in [6.07, 6.45) is 4.74. The van der Waals surface area contributed by atoms with Crippen LogP contribution in [0.25, 0.3) is 0 Å². The quantitative estimate of drug-likeness (QED) is 0.893. The predicted molar refractivity (Wildman–Crippen MR) is 78.5 cm³/mol. The molecular weight excluding hydrogens is 266 g/mol. The molecule has 0 amide bonds. The van der Waals surface area contributed by atoms with Gasteiger partial charge in [0.05, 0.1) is 16.7 Å². The molecule has 1 aromatic rings. The minimum Gasteiger partial charge on any atom is -0.376 e. The van der Waals surface area contributed by atoms with Crippen LogP contribution in [-0.4, -0.2) is 19.8 Å². The van der Waals surface area contributed by atoms with Crippen LogP contribution >= 0.6 is 22.9 Å². The van der Waals surface area contributed by atoms with Gasteiger partial charge in [0.2, 0.25) is 0 Å². The Morgan fingerprint density at radius 2 is 2.39 bits per heavy atom. The Kier molecular flexibility index (Phi) is 4.70. The third-order valence-corrected chi connectivity index (χ3v) is 5.54. The maximum atomic E-state index is 6.30. The molecule has 4 heteroatoms. The summed E-state index contributed by atoms with van der Waals surface area (Å²) in [6.45, 7) is 2.32. The van der Waals surface area contributed by atoms with E-state index in [1.807, 2.05) is 20.2 Å². The number of hydrogen-bond acceptors (Lipinski definition) is 3. The minimum absolute atomic E-state index is 0.110. The van der Waals surface area contributed by atoms with E-state index in [1.54, 1.807) is 11.3 Å². The van der Waals surface area contributed by atoms with Crippen LogP contribution in [0.15, 0.2) is 11.4 Å². The molecule has 0 bridgehead atoms. The van der Waals surface area contributed by atoms with Gasteiger partial charge in [0.15, 0.2) is 0 Å². The molecule has 3 atom stereocenters. The number of thiophene rings is 1. The van der Waals surface area contributed by atoms with Gasteiger partial charge in [-0.2, -0.15) is 0 Å². The summed E-state index contributed by atoms with van der Waals surface area (Å²) in [5.74, 6) is 0.716. The molecule has 1 aliphatic carbocycles. The van der Waals surface area contributed by atoms with Crippen molar-refractivity contribution in [2.45, 2.75) is 44.2 Å². The summed E-state index contributed by atoms with van der Waals surface area (Å²) < 4.78 is 5.97. The van der Waals surface area contributed by atoms with Gasteiger partial charge in [0.25, 0.3) is 0 Å². The van der Waals surface area contributed by atoms with Gasteiger partial charge in [0.1, 0.15) is 0 Å². The van der Waals surface area contributed by atoms with E-state index >= 15 is 0 Å². The normalized spacial score (nSPS) is 30.3. The standard InChI is InChI=1S/C14H22ClNOS/c1-10-5-4-7-14(9-10,17-3)13(16-2)12-11(15)6-8-18-12/h6,8,10,13,16H,4-5,7,9H2,1-3H3. The highest BCUT2D eigenvalue weighted by Crippen LogP contribution is 2.45. The van der Waals surface area contributed by atoms with Crippen LogP contribution in [0.4, 0.5) is 0 Å². The molecule has 0 radical (unpaired) electrons. The maximum Gasteiger partial charge on any atom is 0.0883 e. The fourth-order valence-corrected chi connectivity index (χ4v) is 4.63. The lowest BCUT2D eigenvalue weighted by molar-refractivity contribution is -0.0782. The Bertz CT molecular complexity index is 395. The maximum absolute atomic E-state index is 6.30. The van der Waals surface area contributed by atoms with E-state index in [-0.39, 0.29) is 11.6 Å². The fourth-order valence-electron chi connectivity index (χ4n) is 3.25. The van der Waals surface area contributed by atoms with Crippen molar-refractivity contribution in [1.29, 1.82) is 0 Å². The van der Waals surface area contributed by atoms with Crippen molar-refractivity contribution in [2.24, 2.45) is 5.92 Å². The molecule has 102 valence electrons. The highest BCUT2D eigenvalue weighted by Gasteiger charge is 2.43. The van der Waals surface area contributed by atoms with Crippen molar-refractivity contribution in [3.8, 4) is 0 Å². The van der Waals surface area contributed by atoms with E-state index in [0.717, 1.165) is 17.9 Å². The van der Waals surface area contributed by atoms with Crippen LogP contribution in [0.1, 0.15) is 43.5 Å². The van der Waals surface area contributed by atoms with Gasteiger partial charge in [-0.1, -0.05) is 31.4 Å². The minimum atomic E-state index is -0.110. The van der Waals surface area contributed by atoms with Crippen molar-refractivity contribution in [2.75, 3.05) is 14.2 Å². The molecule has 1 aromatic heterocycles. The highest BCUT2D eigenvalue weighted by atomic mass is 35.5. The summed E-state index contributed by atoms with van der Waals surface area (Å²) in [6, 6.07) is 2.17. The second-order valence-electron chi connectivity index (χ2n) is 5.32. The van der Waals surface area contributed by atoms with E-state index in [9.17, 15) is 0 Å². The number of hydrogen-bond donors (Lipinski definition) is 1. The molecule has 1 aliphatic rings. The Hall–Kier alpha value is -0.0900. The monoisotopic (exact) mass is 287 g/mol. The first-order valence-electron chi connectivity index (χ1n) is 6.58. The first kappa shape index (κ1) is 14.3. The zero-order chi connectivity index (χ0) is 13.2. The molecule has 0 saturated heterocycles. The van der Waals surface area contributed by atoms with Crippen molar-refractivity contribution in [1.82, 2.24) is 5.32 Å². The SMILES string of the molecule is CNC(c1sccc1Cl)C1(OC)CCCC(C)C1. The topological polar surface area (TPSA) is 21.3 Å². The van der Waals surface area contributed by atoms with Crippen LogP contribution in [0, 0.1) is 5.92 Å². The predicted octanol–water partition coefficient (Wildman–Crippen LogP) is 4.26. The molecule has 1 N–H and O–H groups in total. The molecule has 0 aliphatic heterocycles. The Labute approximate surface area is 119 Å². The molecule has 0 spiro atoms. The number of ether oxygens (including phenoxy) is 1. The van der Waals surface area contributed by atoms with E-state index in [1.165, 1.54) is 17.7 Å². The zero-order valence-corrected chi connectivity index (χ0v) is 12.9. The second kappa shape index (κ2) is 5.91. The summed E-state index contributed by atoms with van der Waals surface area (Å²) in [5.41, 5.74) is -0.110. The lowest BCUT2D eigenvalue weighted by atomic mass is 9.74. The molecular formula is C14H22ClNOS. The highest BCUT2D eigenvalue weighted by molar-refractivity contribution is 7.10. The molecule has 0 aromatic carbocycles. The number of halogens is 1. The molecule has 2 nitrogen and oxygen atoms in total. The van der Waals surface area contributed by atoms with Gasteiger partial charge in [-0.05, 0) is 37.3 Å². The zero-order valence-electron chi connectivity index (χ0n) is 11.3. The van der Waals surface area contributed by atoms with Crippen LogP contribution in [0.5, 0.6) is 0 Å². The summed E-state index contributed by atoms with van der Waals surface area (Å²) in [7, 11) is 3.84. The van der Waals surface area contributed by atoms with E-state index in [2.05, 4.69) is 17.6 Å². The van der Waals surface area contributed by atoms with Crippen LogP contribution in [0.2, 0.25) is 5.02 Å². The second-order valence-corrected chi connectivity index (χ2v) is 6.68. The first-order valence-corrected chi connectivity index (χ1v) is 7.84. The van der Waals surface area contributed by atoms with Crippen LogP contribution in [0.3, 0.4) is 0 Å². The Balaban J connectivity index is 2.32. The van der Waals surface area contributed by atoms with Gasteiger partial charge in [-0.3, -0.25) is 0 Å². The number of rotatable bonds is 4. The van der Waals surface area contributed by atoms with Gasteiger partial charge >= 0.3 is 0 Å². The summed E-state index contributed by atoms with van der Waals surface area (Å²) in [5, 5.41) is 6.34. The largest absolute Gasteiger partial charge is 0.376 e. The van der Waals surface area contributed by atoms with Crippen LogP contribution < -0.4 is 5.32 Å². The van der Waals surface area contributed by atoms with E-state index in [0.29, 0.717) is 5.92 Å². The third-order valence-electron chi connectivity index (χ3n) is 4.12. The number of nitrogens with one attached hydrogen (secondary N) is 1. The van der Waals surface area contributed by atoms with Crippen molar-refractivity contribution in [3.05, 3.63) is 21.3 Å². The lowest BCUT2D eigenvalue weighted by Gasteiger charge is -2.44. The first-order chi connectivity index (χ1) is 8.63. The number of likely N-dealkylation sites (N-methyl/N-ethyl adjacent to an activating group) is 1. The molecule has 2 rings (SSSR count). The summed E-state index contributed by atoms with van der Waals surface area (Å²) >= 11 is 8.02. The van der Waals surface area contributed by atoms with Gasteiger partial charge in [0, 0.05) is 12.0 Å². The van der Waals surface area contributed by atoms with Crippen molar-refractivity contribution >= 4 is 22.9 Å².